The fourth-order valence-electron chi connectivity index (χ4n) is 4.11. The molecule has 5 rings (SSSR count). The van der Waals surface area contributed by atoms with E-state index in [2.05, 4.69) is 55.4 Å². The maximum absolute atomic E-state index is 4.78. The summed E-state index contributed by atoms with van der Waals surface area (Å²) in [5.41, 5.74) is 10.1. The molecule has 0 saturated heterocycles. The molecule has 3 aromatic heterocycles. The highest BCUT2D eigenvalue weighted by atomic mass is 15.2. The van der Waals surface area contributed by atoms with Gasteiger partial charge >= 0.3 is 0 Å². The monoisotopic (exact) mass is 341 g/mol. The van der Waals surface area contributed by atoms with E-state index in [9.17, 15) is 0 Å². The van der Waals surface area contributed by atoms with Crippen LogP contribution in [0.4, 0.5) is 0 Å². The van der Waals surface area contributed by atoms with Crippen molar-refractivity contribution >= 4 is 16.7 Å². The van der Waals surface area contributed by atoms with Crippen LogP contribution in [0.15, 0.2) is 66.7 Å². The summed E-state index contributed by atoms with van der Waals surface area (Å²) in [6, 6.07) is 8.70. The normalized spacial score (nSPS) is 19.2. The first-order valence-electron chi connectivity index (χ1n) is 9.20. The van der Waals surface area contributed by atoms with E-state index >= 15 is 0 Å². The summed E-state index contributed by atoms with van der Waals surface area (Å²) in [6.07, 6.45) is 14.8. The smallest absolute Gasteiger partial charge is 0.0667 e. The first-order valence-corrected chi connectivity index (χ1v) is 9.20. The lowest BCUT2D eigenvalue weighted by atomic mass is 9.88. The Hall–Kier alpha value is -2.94. The molecule has 0 bridgehead atoms. The van der Waals surface area contributed by atoms with E-state index in [0.29, 0.717) is 5.92 Å². The van der Waals surface area contributed by atoms with Crippen molar-refractivity contribution in [1.29, 1.82) is 0 Å². The lowest BCUT2D eigenvalue weighted by Gasteiger charge is -2.18. The van der Waals surface area contributed by atoms with Crippen LogP contribution < -0.4 is 0 Å². The summed E-state index contributed by atoms with van der Waals surface area (Å²) in [4.78, 5) is 4.78. The largest absolute Gasteiger partial charge is 0.260 e. The molecule has 2 aliphatic carbocycles. The van der Waals surface area contributed by atoms with E-state index in [-0.39, 0.29) is 1.43 Å². The molecule has 2 aliphatic rings. The topological polar surface area (TPSA) is 30.2 Å². The van der Waals surface area contributed by atoms with E-state index in [1.807, 2.05) is 29.2 Å². The molecule has 0 spiro atoms. The number of aromatic nitrogens is 3. The van der Waals surface area contributed by atoms with Crippen LogP contribution in [0.2, 0.25) is 0 Å². The minimum Gasteiger partial charge on any atom is -0.260 e. The quantitative estimate of drug-likeness (QED) is 0.630. The van der Waals surface area contributed by atoms with Crippen molar-refractivity contribution in [3.8, 4) is 0 Å². The zero-order valence-corrected chi connectivity index (χ0v) is 15.1. The van der Waals surface area contributed by atoms with Crippen LogP contribution in [-0.2, 0) is 6.42 Å². The van der Waals surface area contributed by atoms with E-state index in [4.69, 9.17) is 4.98 Å². The van der Waals surface area contributed by atoms with Gasteiger partial charge in [0.25, 0.3) is 0 Å². The van der Waals surface area contributed by atoms with Gasteiger partial charge in [-0.2, -0.15) is 5.10 Å². The van der Waals surface area contributed by atoms with Crippen LogP contribution in [0.3, 0.4) is 0 Å². The molecular formula is C23H23N3. The maximum Gasteiger partial charge on any atom is 0.0667 e. The lowest BCUT2D eigenvalue weighted by Crippen LogP contribution is -2.01. The van der Waals surface area contributed by atoms with Crippen molar-refractivity contribution in [1.82, 2.24) is 14.6 Å². The Bertz CT molecular complexity index is 1120. The van der Waals surface area contributed by atoms with Crippen LogP contribution in [0, 0.1) is 5.92 Å². The molecule has 1 atom stereocenters. The fourth-order valence-corrected chi connectivity index (χ4v) is 4.11. The Morgan fingerprint density at radius 2 is 2.12 bits per heavy atom. The molecule has 3 aromatic rings. The number of fused-ring (bicyclic) bond motifs is 2. The van der Waals surface area contributed by atoms with Crippen molar-refractivity contribution < 1.29 is 1.43 Å². The van der Waals surface area contributed by atoms with E-state index < -0.39 is 0 Å². The number of rotatable bonds is 2. The van der Waals surface area contributed by atoms with E-state index in [1.165, 1.54) is 39.1 Å². The summed E-state index contributed by atoms with van der Waals surface area (Å²) >= 11 is 0. The molecule has 0 aliphatic heterocycles. The Labute approximate surface area is 154 Å². The van der Waals surface area contributed by atoms with Gasteiger partial charge in [-0.25, -0.2) is 4.52 Å². The summed E-state index contributed by atoms with van der Waals surface area (Å²) in [6.45, 7) is 4.51. The Kier molecular flexibility index (Phi) is 3.42. The number of nitrogens with zero attached hydrogens (tertiary/aromatic N) is 3. The Morgan fingerprint density at radius 1 is 1.19 bits per heavy atom. The summed E-state index contributed by atoms with van der Waals surface area (Å²) < 4.78 is 1.90. The Balaban J connectivity index is 0.00000180. The van der Waals surface area contributed by atoms with Gasteiger partial charge in [0.1, 0.15) is 0 Å². The number of hydrogen-bond donors (Lipinski definition) is 0. The molecule has 130 valence electrons. The number of hydrogen-bond acceptors (Lipinski definition) is 2. The fraction of sp³-hybridized carbons (Fsp3) is 0.217. The van der Waals surface area contributed by atoms with Gasteiger partial charge in [-0.3, -0.25) is 4.98 Å². The second-order valence-electron chi connectivity index (χ2n) is 7.39. The van der Waals surface area contributed by atoms with Gasteiger partial charge in [0.15, 0.2) is 0 Å². The third-order valence-electron chi connectivity index (χ3n) is 5.46. The minimum absolute atomic E-state index is 0. The molecular weight excluding hydrogens is 318 g/mol. The Morgan fingerprint density at radius 3 is 3.00 bits per heavy atom. The third-order valence-corrected chi connectivity index (χ3v) is 5.46. The highest BCUT2D eigenvalue weighted by molar-refractivity contribution is 5.87. The second-order valence-corrected chi connectivity index (χ2v) is 7.39. The highest BCUT2D eigenvalue weighted by Crippen LogP contribution is 2.36. The third kappa shape index (κ3) is 2.43. The first kappa shape index (κ1) is 15.3. The van der Waals surface area contributed by atoms with Crippen LogP contribution in [0.25, 0.3) is 16.7 Å². The van der Waals surface area contributed by atoms with E-state index in [0.717, 1.165) is 18.4 Å². The maximum atomic E-state index is 4.78. The molecule has 3 heteroatoms. The molecule has 0 saturated carbocycles. The SMILES string of the molecule is CC1=C(c2cnc3c(c2)C(c2ccn4nccc4c2)=CC3)C=CC(C)C1.[HH]. The van der Waals surface area contributed by atoms with Crippen LogP contribution in [-0.4, -0.2) is 14.6 Å². The van der Waals surface area contributed by atoms with Crippen LogP contribution >= 0.6 is 0 Å². The van der Waals surface area contributed by atoms with Gasteiger partial charge < -0.3 is 0 Å². The second kappa shape index (κ2) is 5.80. The van der Waals surface area contributed by atoms with E-state index in [1.54, 1.807) is 0 Å². The number of pyridine rings is 2. The standard InChI is InChI=1S/C23H21N3.H2/c1-15-3-4-20(16(2)11-15)18-13-22-21(5-6-23(22)24-14-18)17-8-10-26-19(12-17)7-9-25-26;/h3-5,7-10,12-15H,6,11H2,1-2H3;1H. The van der Waals surface area contributed by atoms with Crippen molar-refractivity contribution in [2.75, 3.05) is 0 Å². The van der Waals surface area contributed by atoms with Crippen molar-refractivity contribution in [3.63, 3.8) is 0 Å². The molecule has 0 fully saturated rings. The van der Waals surface area contributed by atoms with Crippen LogP contribution in [0.1, 0.15) is 44.1 Å². The summed E-state index contributed by atoms with van der Waals surface area (Å²) in [7, 11) is 0. The lowest BCUT2D eigenvalue weighted by molar-refractivity contribution is 0.710. The van der Waals surface area contributed by atoms with Gasteiger partial charge in [-0.1, -0.05) is 30.7 Å². The molecule has 3 nitrogen and oxygen atoms in total. The van der Waals surface area contributed by atoms with Gasteiger partial charge in [0.2, 0.25) is 0 Å². The first-order chi connectivity index (χ1) is 12.7. The van der Waals surface area contributed by atoms with Crippen LogP contribution in [0.5, 0.6) is 0 Å². The van der Waals surface area contributed by atoms with Gasteiger partial charge in [0.05, 0.1) is 11.2 Å². The predicted molar refractivity (Wildman–Crippen MR) is 108 cm³/mol. The molecule has 1 unspecified atom stereocenters. The van der Waals surface area contributed by atoms with Gasteiger partial charge in [0, 0.05) is 37.6 Å². The van der Waals surface area contributed by atoms with Crippen molar-refractivity contribution in [2.24, 2.45) is 5.92 Å². The predicted octanol–water partition coefficient (Wildman–Crippen LogP) is 5.33. The zero-order valence-electron chi connectivity index (χ0n) is 15.1. The van der Waals surface area contributed by atoms with Gasteiger partial charge in [-0.15, -0.1) is 0 Å². The van der Waals surface area contributed by atoms with Crippen molar-refractivity contribution in [2.45, 2.75) is 26.7 Å². The molecule has 0 aromatic carbocycles. The highest BCUT2D eigenvalue weighted by Gasteiger charge is 2.20. The van der Waals surface area contributed by atoms with Crippen molar-refractivity contribution in [3.05, 3.63) is 89.0 Å². The minimum atomic E-state index is 0. The zero-order chi connectivity index (χ0) is 17.7. The molecule has 0 N–H and O–H groups in total. The molecule has 3 heterocycles. The number of allylic oxidation sites excluding steroid dienone is 5. The van der Waals surface area contributed by atoms with Gasteiger partial charge in [-0.05, 0) is 60.2 Å². The summed E-state index contributed by atoms with van der Waals surface area (Å²) in [5, 5.41) is 4.29. The molecule has 26 heavy (non-hydrogen) atoms. The molecule has 0 radical (unpaired) electrons. The average molecular weight is 341 g/mol. The average Bonchev–Trinajstić information content (AvgIpc) is 3.27. The summed E-state index contributed by atoms with van der Waals surface area (Å²) in [5.74, 6) is 0.624. The molecule has 0 amide bonds.